The number of aryl methyl sites for hydroxylation is 1. The summed E-state index contributed by atoms with van der Waals surface area (Å²) in [6.07, 6.45) is 1.03. The molecule has 1 aromatic carbocycles. The van der Waals surface area contributed by atoms with Gasteiger partial charge in [-0.1, -0.05) is 26.0 Å². The molecule has 0 aliphatic carbocycles. The maximum absolute atomic E-state index is 5.90. The van der Waals surface area contributed by atoms with Crippen LogP contribution in [0.25, 0.3) is 0 Å². The molecule has 1 rings (SSSR count). The molecule has 1 atom stereocenters. The molecule has 3 heteroatoms. The molecular weight excluding hydrogens is 212 g/mol. The number of likely N-dealkylation sites (N-methyl/N-ethyl adjacent to an activating group) is 1. The first-order chi connectivity index (χ1) is 8.17. The molecular formula is C14H24N2O. The van der Waals surface area contributed by atoms with E-state index < -0.39 is 0 Å². The van der Waals surface area contributed by atoms with Crippen molar-refractivity contribution in [3.63, 3.8) is 0 Å². The van der Waals surface area contributed by atoms with Crippen molar-refractivity contribution in [3.8, 4) is 5.75 Å². The predicted octanol–water partition coefficient (Wildman–Crippen LogP) is 2.21. The van der Waals surface area contributed by atoms with Crippen LogP contribution in [0.3, 0.4) is 0 Å². The van der Waals surface area contributed by atoms with Crippen molar-refractivity contribution in [1.82, 2.24) is 4.90 Å². The molecule has 1 unspecified atom stereocenters. The second-order valence-corrected chi connectivity index (χ2v) is 4.25. The van der Waals surface area contributed by atoms with E-state index >= 15 is 0 Å². The third kappa shape index (κ3) is 3.20. The fraction of sp³-hybridized carbons (Fsp3) is 0.571. The van der Waals surface area contributed by atoms with Gasteiger partial charge in [0.15, 0.2) is 0 Å². The standard InChI is InChI=1S/C14H24N2O/c1-5-11-7-8-14(17-4)12(9-11)13(10-15)16(3)6-2/h7-9,13H,5-6,10,15H2,1-4H3. The summed E-state index contributed by atoms with van der Waals surface area (Å²) < 4.78 is 5.44. The molecule has 0 saturated heterocycles. The molecule has 17 heavy (non-hydrogen) atoms. The molecule has 0 aliphatic rings. The Morgan fingerprint density at radius 1 is 1.35 bits per heavy atom. The minimum atomic E-state index is 0.224. The smallest absolute Gasteiger partial charge is 0.123 e. The maximum Gasteiger partial charge on any atom is 0.123 e. The minimum absolute atomic E-state index is 0.224. The fourth-order valence-corrected chi connectivity index (χ4v) is 2.03. The lowest BCUT2D eigenvalue weighted by Crippen LogP contribution is -2.30. The van der Waals surface area contributed by atoms with Gasteiger partial charge in [0.25, 0.3) is 0 Å². The average molecular weight is 236 g/mol. The molecule has 1 aromatic rings. The summed E-state index contributed by atoms with van der Waals surface area (Å²) in [5.74, 6) is 0.929. The van der Waals surface area contributed by atoms with Crippen molar-refractivity contribution in [1.29, 1.82) is 0 Å². The van der Waals surface area contributed by atoms with E-state index in [9.17, 15) is 0 Å². The summed E-state index contributed by atoms with van der Waals surface area (Å²) in [7, 11) is 3.81. The Morgan fingerprint density at radius 3 is 2.53 bits per heavy atom. The number of nitrogens with zero attached hydrogens (tertiary/aromatic N) is 1. The first-order valence-electron chi connectivity index (χ1n) is 6.24. The van der Waals surface area contributed by atoms with Crippen molar-refractivity contribution < 1.29 is 4.74 Å². The maximum atomic E-state index is 5.90. The Hall–Kier alpha value is -1.06. The number of nitrogens with two attached hydrogens (primary N) is 1. The average Bonchev–Trinajstić information content (AvgIpc) is 2.39. The molecule has 0 aromatic heterocycles. The van der Waals surface area contributed by atoms with E-state index in [2.05, 4.69) is 37.9 Å². The van der Waals surface area contributed by atoms with Crippen LogP contribution in [0.5, 0.6) is 5.75 Å². The van der Waals surface area contributed by atoms with Gasteiger partial charge in [0, 0.05) is 12.1 Å². The lowest BCUT2D eigenvalue weighted by Gasteiger charge is -2.27. The summed E-state index contributed by atoms with van der Waals surface area (Å²) in [5, 5.41) is 0. The van der Waals surface area contributed by atoms with Crippen LogP contribution in [0.2, 0.25) is 0 Å². The van der Waals surface area contributed by atoms with Gasteiger partial charge < -0.3 is 10.5 Å². The molecule has 0 aliphatic heterocycles. The Labute approximate surface area is 105 Å². The summed E-state index contributed by atoms with van der Waals surface area (Å²) in [4.78, 5) is 2.25. The fourth-order valence-electron chi connectivity index (χ4n) is 2.03. The van der Waals surface area contributed by atoms with E-state index in [-0.39, 0.29) is 6.04 Å². The van der Waals surface area contributed by atoms with Crippen LogP contribution in [-0.4, -0.2) is 32.1 Å². The van der Waals surface area contributed by atoms with E-state index in [0.717, 1.165) is 18.7 Å². The second-order valence-electron chi connectivity index (χ2n) is 4.25. The molecule has 0 bridgehead atoms. The lowest BCUT2D eigenvalue weighted by atomic mass is 10.0. The van der Waals surface area contributed by atoms with Crippen molar-refractivity contribution in [3.05, 3.63) is 29.3 Å². The zero-order chi connectivity index (χ0) is 12.8. The largest absolute Gasteiger partial charge is 0.496 e. The van der Waals surface area contributed by atoms with Crippen molar-refractivity contribution in [2.24, 2.45) is 5.73 Å². The quantitative estimate of drug-likeness (QED) is 0.823. The van der Waals surface area contributed by atoms with E-state index in [1.807, 2.05) is 6.07 Å². The lowest BCUT2D eigenvalue weighted by molar-refractivity contribution is 0.256. The molecule has 96 valence electrons. The highest BCUT2D eigenvalue weighted by Gasteiger charge is 2.18. The molecule has 0 spiro atoms. The van der Waals surface area contributed by atoms with Crippen LogP contribution < -0.4 is 10.5 Å². The van der Waals surface area contributed by atoms with Crippen LogP contribution in [0.1, 0.15) is 31.0 Å². The summed E-state index contributed by atoms with van der Waals surface area (Å²) in [6.45, 7) is 5.88. The van der Waals surface area contributed by atoms with E-state index in [1.54, 1.807) is 7.11 Å². The van der Waals surface area contributed by atoms with Gasteiger partial charge in [0.2, 0.25) is 0 Å². The molecule has 0 radical (unpaired) electrons. The van der Waals surface area contributed by atoms with Gasteiger partial charge in [-0.25, -0.2) is 0 Å². The highest BCUT2D eigenvalue weighted by molar-refractivity contribution is 5.39. The minimum Gasteiger partial charge on any atom is -0.496 e. The second kappa shape index (κ2) is 6.62. The van der Waals surface area contributed by atoms with Gasteiger partial charge in [0.1, 0.15) is 5.75 Å². The number of benzene rings is 1. The molecule has 0 heterocycles. The molecule has 0 fully saturated rings. The first kappa shape index (κ1) is 14.0. The van der Waals surface area contributed by atoms with Crippen molar-refractivity contribution >= 4 is 0 Å². The van der Waals surface area contributed by atoms with Gasteiger partial charge in [-0.2, -0.15) is 0 Å². The van der Waals surface area contributed by atoms with Crippen LogP contribution in [0, 0.1) is 0 Å². The van der Waals surface area contributed by atoms with Gasteiger partial charge in [0.05, 0.1) is 13.2 Å². The number of rotatable bonds is 6. The van der Waals surface area contributed by atoms with E-state index in [1.165, 1.54) is 11.1 Å². The summed E-state index contributed by atoms with van der Waals surface area (Å²) >= 11 is 0. The highest BCUT2D eigenvalue weighted by Crippen LogP contribution is 2.29. The Balaban J connectivity index is 3.14. The van der Waals surface area contributed by atoms with Crippen LogP contribution in [-0.2, 0) is 6.42 Å². The molecule has 0 amide bonds. The number of methoxy groups -OCH3 is 1. The number of hydrogen-bond acceptors (Lipinski definition) is 3. The normalized spacial score (nSPS) is 12.8. The van der Waals surface area contributed by atoms with Gasteiger partial charge in [-0.05, 0) is 31.6 Å². The van der Waals surface area contributed by atoms with Crippen LogP contribution in [0.15, 0.2) is 18.2 Å². The molecule has 2 N–H and O–H groups in total. The highest BCUT2D eigenvalue weighted by atomic mass is 16.5. The zero-order valence-electron chi connectivity index (χ0n) is 11.4. The Bertz CT molecular complexity index is 352. The Kier molecular flexibility index (Phi) is 5.45. The summed E-state index contributed by atoms with van der Waals surface area (Å²) in [5.41, 5.74) is 8.42. The van der Waals surface area contributed by atoms with E-state index in [0.29, 0.717) is 6.54 Å². The van der Waals surface area contributed by atoms with Gasteiger partial charge in [-0.3, -0.25) is 4.90 Å². The monoisotopic (exact) mass is 236 g/mol. The SMILES string of the molecule is CCc1ccc(OC)c(C(CN)N(C)CC)c1. The molecule has 3 nitrogen and oxygen atoms in total. The van der Waals surface area contributed by atoms with Crippen LogP contribution in [0.4, 0.5) is 0 Å². The molecule has 0 saturated carbocycles. The number of ether oxygens (including phenoxy) is 1. The van der Waals surface area contributed by atoms with Crippen LogP contribution >= 0.6 is 0 Å². The van der Waals surface area contributed by atoms with E-state index in [4.69, 9.17) is 10.5 Å². The third-order valence-electron chi connectivity index (χ3n) is 3.32. The first-order valence-corrected chi connectivity index (χ1v) is 6.24. The topological polar surface area (TPSA) is 38.5 Å². The Morgan fingerprint density at radius 2 is 2.06 bits per heavy atom. The van der Waals surface area contributed by atoms with Crippen molar-refractivity contribution in [2.45, 2.75) is 26.3 Å². The van der Waals surface area contributed by atoms with Gasteiger partial charge in [-0.15, -0.1) is 0 Å². The predicted molar refractivity (Wildman–Crippen MR) is 72.5 cm³/mol. The number of hydrogen-bond donors (Lipinski definition) is 1. The van der Waals surface area contributed by atoms with Gasteiger partial charge >= 0.3 is 0 Å². The summed E-state index contributed by atoms with van der Waals surface area (Å²) in [6, 6.07) is 6.59. The van der Waals surface area contributed by atoms with Crippen molar-refractivity contribution in [2.75, 3.05) is 27.2 Å². The zero-order valence-corrected chi connectivity index (χ0v) is 11.4. The third-order valence-corrected chi connectivity index (χ3v) is 3.32.